The van der Waals surface area contributed by atoms with Crippen molar-refractivity contribution in [1.29, 1.82) is 5.26 Å². The third kappa shape index (κ3) is 3.49. The van der Waals surface area contributed by atoms with Gasteiger partial charge in [0, 0.05) is 11.8 Å². The Kier molecular flexibility index (Phi) is 4.18. The molecule has 0 N–H and O–H groups in total. The van der Waals surface area contributed by atoms with Gasteiger partial charge in [0.05, 0.1) is 24.1 Å². The van der Waals surface area contributed by atoms with E-state index in [1.165, 1.54) is 13.1 Å². The Bertz CT molecular complexity index is 454. The molecule has 0 bridgehead atoms. The molecule has 0 saturated heterocycles. The number of rotatable bonds is 3. The van der Waals surface area contributed by atoms with Crippen molar-refractivity contribution in [2.24, 2.45) is 0 Å². The summed E-state index contributed by atoms with van der Waals surface area (Å²) in [6.07, 6.45) is -3.54. The largest absolute Gasteiger partial charge is 0.573 e. The number of hydrogen-bond donors (Lipinski definition) is 0. The zero-order valence-electron chi connectivity index (χ0n) is 8.81. The summed E-state index contributed by atoms with van der Waals surface area (Å²) in [7, 11) is 0. The van der Waals surface area contributed by atoms with Crippen molar-refractivity contribution >= 4 is 11.6 Å². The molecule has 0 unspecified atom stereocenters. The predicted molar refractivity (Wildman–Crippen MR) is 54.5 cm³/mol. The molecular weight excluding hydrogens is 257 g/mol. The van der Waals surface area contributed by atoms with Crippen molar-refractivity contribution in [1.82, 2.24) is 4.98 Å². The minimum absolute atomic E-state index is 0.0659. The standard InChI is InChI=1S/C10H8ClF3N2O/c1-6-9(17-10(12,13)14)8(4-11)7(2-3-15)5-16-6/h5H,2,4H2,1H3. The summed E-state index contributed by atoms with van der Waals surface area (Å²) in [4.78, 5) is 3.76. The van der Waals surface area contributed by atoms with Gasteiger partial charge in [-0.05, 0) is 12.5 Å². The van der Waals surface area contributed by atoms with E-state index in [2.05, 4.69) is 9.72 Å². The van der Waals surface area contributed by atoms with E-state index in [4.69, 9.17) is 16.9 Å². The summed E-state index contributed by atoms with van der Waals surface area (Å²) in [6.45, 7) is 1.38. The third-order valence-electron chi connectivity index (χ3n) is 2.03. The predicted octanol–water partition coefficient (Wildman–Crippen LogP) is 3.09. The van der Waals surface area contributed by atoms with Gasteiger partial charge in [0.2, 0.25) is 0 Å². The minimum atomic E-state index is -4.81. The van der Waals surface area contributed by atoms with Crippen LogP contribution in [-0.4, -0.2) is 11.3 Å². The van der Waals surface area contributed by atoms with Gasteiger partial charge in [-0.3, -0.25) is 4.98 Å². The van der Waals surface area contributed by atoms with Crippen LogP contribution in [-0.2, 0) is 12.3 Å². The van der Waals surface area contributed by atoms with Gasteiger partial charge in [-0.25, -0.2) is 0 Å². The number of hydrogen-bond acceptors (Lipinski definition) is 3. The maximum Gasteiger partial charge on any atom is 0.573 e. The van der Waals surface area contributed by atoms with Gasteiger partial charge in [0.15, 0.2) is 5.75 Å². The van der Waals surface area contributed by atoms with Crippen LogP contribution in [0.2, 0.25) is 0 Å². The summed E-state index contributed by atoms with van der Waals surface area (Å²) in [5.41, 5.74) is 0.574. The summed E-state index contributed by atoms with van der Waals surface area (Å²) in [5, 5.41) is 8.55. The fraction of sp³-hybridized carbons (Fsp3) is 0.400. The number of nitrogens with zero attached hydrogens (tertiary/aromatic N) is 2. The van der Waals surface area contributed by atoms with Crippen LogP contribution in [0.15, 0.2) is 6.20 Å². The summed E-state index contributed by atoms with van der Waals surface area (Å²) in [6, 6.07) is 1.83. The molecular formula is C10H8ClF3N2O. The highest BCUT2D eigenvalue weighted by Crippen LogP contribution is 2.32. The molecule has 0 aromatic carbocycles. The van der Waals surface area contributed by atoms with E-state index in [-0.39, 0.29) is 23.6 Å². The van der Waals surface area contributed by atoms with Gasteiger partial charge in [-0.15, -0.1) is 24.8 Å². The van der Waals surface area contributed by atoms with Crippen LogP contribution in [0.1, 0.15) is 16.8 Å². The topological polar surface area (TPSA) is 45.9 Å². The van der Waals surface area contributed by atoms with Gasteiger partial charge in [0.25, 0.3) is 0 Å². The first kappa shape index (κ1) is 13.6. The minimum Gasteiger partial charge on any atom is -0.403 e. The number of aryl methyl sites for hydroxylation is 1. The molecule has 3 nitrogen and oxygen atoms in total. The molecule has 0 spiro atoms. The number of nitriles is 1. The van der Waals surface area contributed by atoms with E-state index in [9.17, 15) is 13.2 Å². The summed E-state index contributed by atoms with van der Waals surface area (Å²) in [5.74, 6) is -0.591. The van der Waals surface area contributed by atoms with Gasteiger partial charge in [-0.2, -0.15) is 5.26 Å². The second-order valence-corrected chi connectivity index (χ2v) is 3.46. The fourth-order valence-electron chi connectivity index (χ4n) is 1.31. The lowest BCUT2D eigenvalue weighted by molar-refractivity contribution is -0.275. The second-order valence-electron chi connectivity index (χ2n) is 3.19. The molecule has 1 rings (SSSR count). The average molecular weight is 265 g/mol. The van der Waals surface area contributed by atoms with E-state index < -0.39 is 12.1 Å². The second kappa shape index (κ2) is 5.23. The normalized spacial score (nSPS) is 11.1. The lowest BCUT2D eigenvalue weighted by Crippen LogP contribution is -2.19. The Morgan fingerprint density at radius 2 is 2.18 bits per heavy atom. The Labute approximate surface area is 101 Å². The van der Waals surface area contributed by atoms with E-state index >= 15 is 0 Å². The highest BCUT2D eigenvalue weighted by molar-refractivity contribution is 6.17. The highest BCUT2D eigenvalue weighted by Gasteiger charge is 2.33. The van der Waals surface area contributed by atoms with Crippen molar-refractivity contribution in [3.05, 3.63) is 23.0 Å². The number of halogens is 4. The van der Waals surface area contributed by atoms with Crippen molar-refractivity contribution in [2.75, 3.05) is 0 Å². The number of ether oxygens (including phenoxy) is 1. The Balaban J connectivity index is 3.26. The highest BCUT2D eigenvalue weighted by atomic mass is 35.5. The van der Waals surface area contributed by atoms with Gasteiger partial charge in [0.1, 0.15) is 0 Å². The van der Waals surface area contributed by atoms with E-state index in [0.29, 0.717) is 5.56 Å². The lowest BCUT2D eigenvalue weighted by Gasteiger charge is -2.15. The molecule has 7 heteroatoms. The molecule has 0 aliphatic carbocycles. The van der Waals surface area contributed by atoms with Crippen LogP contribution in [0.4, 0.5) is 13.2 Å². The molecule has 0 amide bonds. The smallest absolute Gasteiger partial charge is 0.403 e. The first-order valence-electron chi connectivity index (χ1n) is 4.55. The number of aromatic nitrogens is 1. The Hall–Kier alpha value is -1.48. The van der Waals surface area contributed by atoms with Crippen LogP contribution >= 0.6 is 11.6 Å². The van der Waals surface area contributed by atoms with E-state index in [0.717, 1.165) is 0 Å². The molecule has 0 atom stereocenters. The lowest BCUT2D eigenvalue weighted by atomic mass is 10.1. The maximum absolute atomic E-state index is 12.2. The number of pyridine rings is 1. The first-order valence-corrected chi connectivity index (χ1v) is 5.08. The quantitative estimate of drug-likeness (QED) is 0.788. The van der Waals surface area contributed by atoms with Crippen molar-refractivity contribution in [3.63, 3.8) is 0 Å². The van der Waals surface area contributed by atoms with Gasteiger partial charge in [-0.1, -0.05) is 0 Å². The zero-order valence-corrected chi connectivity index (χ0v) is 9.56. The molecule has 0 radical (unpaired) electrons. The molecule has 1 heterocycles. The molecule has 92 valence electrons. The van der Waals surface area contributed by atoms with Crippen LogP contribution in [0.5, 0.6) is 5.75 Å². The third-order valence-corrected chi connectivity index (χ3v) is 2.29. The van der Waals surface area contributed by atoms with Crippen LogP contribution in [0.3, 0.4) is 0 Å². The summed E-state index contributed by atoms with van der Waals surface area (Å²) >= 11 is 5.59. The zero-order chi connectivity index (χ0) is 13.1. The Morgan fingerprint density at radius 1 is 1.53 bits per heavy atom. The average Bonchev–Trinajstić information content (AvgIpc) is 2.22. The van der Waals surface area contributed by atoms with E-state index in [1.807, 2.05) is 6.07 Å². The molecule has 1 aromatic rings. The van der Waals surface area contributed by atoms with Crippen molar-refractivity contribution < 1.29 is 17.9 Å². The molecule has 0 aliphatic rings. The Morgan fingerprint density at radius 3 is 2.65 bits per heavy atom. The van der Waals surface area contributed by atoms with Crippen molar-refractivity contribution in [2.45, 2.75) is 25.6 Å². The SMILES string of the molecule is Cc1ncc(CC#N)c(CCl)c1OC(F)(F)F. The molecule has 0 saturated carbocycles. The molecule has 0 fully saturated rings. The van der Waals surface area contributed by atoms with Crippen molar-refractivity contribution in [3.8, 4) is 11.8 Å². The molecule has 0 aliphatic heterocycles. The summed E-state index contributed by atoms with van der Waals surface area (Å²) < 4.78 is 40.5. The monoisotopic (exact) mass is 264 g/mol. The number of alkyl halides is 4. The fourth-order valence-corrected chi connectivity index (χ4v) is 1.60. The van der Waals surface area contributed by atoms with Gasteiger partial charge >= 0.3 is 6.36 Å². The molecule has 1 aromatic heterocycles. The van der Waals surface area contributed by atoms with Crippen LogP contribution in [0.25, 0.3) is 0 Å². The van der Waals surface area contributed by atoms with Gasteiger partial charge < -0.3 is 4.74 Å². The van der Waals surface area contributed by atoms with E-state index in [1.54, 1.807) is 0 Å². The van der Waals surface area contributed by atoms with Crippen LogP contribution < -0.4 is 4.74 Å². The van der Waals surface area contributed by atoms with Crippen LogP contribution in [0, 0.1) is 18.3 Å². The first-order chi connectivity index (χ1) is 7.89. The molecule has 17 heavy (non-hydrogen) atoms. The maximum atomic E-state index is 12.2.